The molecule has 2 fully saturated rings. The fraction of sp³-hybridized carbons (Fsp3) is 0.231. The maximum Gasteiger partial charge on any atom is 0.285 e. The molecule has 1 radical (unpaired) electrons. The maximum absolute atomic E-state index is 12.1. The average Bonchev–Trinajstić information content (AvgIpc) is 2.41. The summed E-state index contributed by atoms with van der Waals surface area (Å²) in [5, 5.41) is 0. The second kappa shape index (κ2) is 4.86. The summed E-state index contributed by atoms with van der Waals surface area (Å²) < 4.78 is 0. The number of hydrogen-bond donors (Lipinski definition) is 0. The molecule has 1 aromatic carbocycles. The van der Waals surface area contributed by atoms with Crippen molar-refractivity contribution in [1.82, 2.24) is 4.90 Å². The van der Waals surface area contributed by atoms with Crippen LogP contribution in [0, 0.1) is 11.5 Å². The van der Waals surface area contributed by atoms with Crippen LogP contribution in [0.25, 0.3) is 0 Å². The molecule has 1 aromatic rings. The molecular formula is C13H9N2O4Y-. The Hall–Kier alpha value is -1.40. The molecule has 99 valence electrons. The second-order valence-corrected chi connectivity index (χ2v) is 4.30. The number of carbonyl (C=O) groups excluding carboxylic acids is 4. The fourth-order valence-electron chi connectivity index (χ4n) is 2.40. The quantitative estimate of drug-likeness (QED) is 0.420. The number of imide groups is 2. The van der Waals surface area contributed by atoms with E-state index >= 15 is 0 Å². The molecule has 1 spiro atoms. The number of rotatable bonds is 2. The summed E-state index contributed by atoms with van der Waals surface area (Å²) in [7, 11) is 0. The van der Waals surface area contributed by atoms with E-state index < -0.39 is 29.0 Å². The summed E-state index contributed by atoms with van der Waals surface area (Å²) in [6.45, 7) is 1.77. The summed E-state index contributed by atoms with van der Waals surface area (Å²) in [5.74, 6) is -3.00. The van der Waals surface area contributed by atoms with Gasteiger partial charge >= 0.3 is 0 Å². The summed E-state index contributed by atoms with van der Waals surface area (Å²) >= 11 is 0. The van der Waals surface area contributed by atoms with E-state index in [1.807, 2.05) is 0 Å². The number of para-hydroxylation sites is 1. The molecule has 0 atom stereocenters. The molecule has 7 heteroatoms. The molecule has 4 amide bonds. The molecular weight excluding hydrogens is 337 g/mol. The van der Waals surface area contributed by atoms with Gasteiger partial charge in [-0.05, 0) is 6.92 Å². The van der Waals surface area contributed by atoms with E-state index in [4.69, 9.17) is 0 Å². The SMILES string of the molecule is CCN1C(=O)C2(C1=O)C(=O)N(c1[c-]cccc1)C2=O.[Y]. The van der Waals surface area contributed by atoms with E-state index in [0.29, 0.717) is 0 Å². The van der Waals surface area contributed by atoms with Gasteiger partial charge in [0.05, 0.1) is 0 Å². The number of β-lactam (4-membered cyclic amide) rings is 4. The van der Waals surface area contributed by atoms with Crippen LogP contribution in [0.4, 0.5) is 5.69 Å². The van der Waals surface area contributed by atoms with Crippen LogP contribution in [-0.4, -0.2) is 35.1 Å². The minimum Gasteiger partial charge on any atom is -0.279 e. The first-order valence-corrected chi connectivity index (χ1v) is 5.79. The number of likely N-dealkylation sites (tertiary alicyclic amines) is 1. The van der Waals surface area contributed by atoms with Gasteiger partial charge in [-0.25, -0.2) is 0 Å². The number of carbonyl (C=O) groups is 4. The molecule has 0 bridgehead atoms. The third-order valence-electron chi connectivity index (χ3n) is 3.43. The molecule has 0 aromatic heterocycles. The summed E-state index contributed by atoms with van der Waals surface area (Å²) in [6.07, 6.45) is 0. The molecule has 0 N–H and O–H groups in total. The van der Waals surface area contributed by atoms with E-state index in [2.05, 4.69) is 6.07 Å². The second-order valence-electron chi connectivity index (χ2n) is 4.30. The Morgan fingerprint density at radius 3 is 2.10 bits per heavy atom. The Kier molecular flexibility index (Phi) is 3.64. The van der Waals surface area contributed by atoms with Crippen LogP contribution in [-0.2, 0) is 51.9 Å². The summed E-state index contributed by atoms with van der Waals surface area (Å²) in [5.41, 5.74) is -1.85. The third-order valence-corrected chi connectivity index (χ3v) is 3.43. The van der Waals surface area contributed by atoms with Crippen molar-refractivity contribution in [3.63, 3.8) is 0 Å². The van der Waals surface area contributed by atoms with E-state index in [1.165, 1.54) is 6.07 Å². The van der Waals surface area contributed by atoms with Crippen molar-refractivity contribution in [3.05, 3.63) is 30.3 Å². The third kappa shape index (κ3) is 1.46. The minimum atomic E-state index is -2.10. The van der Waals surface area contributed by atoms with Crippen LogP contribution < -0.4 is 4.90 Å². The Morgan fingerprint density at radius 2 is 1.65 bits per heavy atom. The van der Waals surface area contributed by atoms with Crippen LogP contribution >= 0.6 is 0 Å². The van der Waals surface area contributed by atoms with E-state index in [9.17, 15) is 19.2 Å². The van der Waals surface area contributed by atoms with Crippen molar-refractivity contribution in [2.75, 3.05) is 11.4 Å². The van der Waals surface area contributed by atoms with Crippen molar-refractivity contribution in [3.8, 4) is 0 Å². The van der Waals surface area contributed by atoms with Gasteiger partial charge in [0.25, 0.3) is 29.0 Å². The molecule has 0 saturated carbocycles. The van der Waals surface area contributed by atoms with E-state index in [1.54, 1.807) is 25.1 Å². The first-order chi connectivity index (χ1) is 9.06. The molecule has 6 nitrogen and oxygen atoms in total. The Balaban J connectivity index is 0.00000147. The zero-order valence-corrected chi connectivity index (χ0v) is 13.5. The Labute approximate surface area is 140 Å². The smallest absolute Gasteiger partial charge is 0.279 e. The van der Waals surface area contributed by atoms with Crippen LogP contribution in [0.5, 0.6) is 0 Å². The molecule has 20 heavy (non-hydrogen) atoms. The summed E-state index contributed by atoms with van der Waals surface area (Å²) in [4.78, 5) is 49.5. The van der Waals surface area contributed by atoms with Gasteiger partial charge in [0.1, 0.15) is 0 Å². The Bertz CT molecular complexity index is 595. The largest absolute Gasteiger partial charge is 0.285 e. The van der Waals surface area contributed by atoms with Gasteiger partial charge in [-0.3, -0.25) is 29.0 Å². The number of hydrogen-bond acceptors (Lipinski definition) is 4. The zero-order valence-electron chi connectivity index (χ0n) is 10.6. The van der Waals surface area contributed by atoms with Gasteiger partial charge in [0.2, 0.25) is 0 Å². The molecule has 2 aliphatic heterocycles. The normalized spacial score (nSPS) is 19.6. The fourth-order valence-corrected chi connectivity index (χ4v) is 2.40. The zero-order chi connectivity index (χ0) is 13.8. The molecule has 3 rings (SSSR count). The van der Waals surface area contributed by atoms with Crippen molar-refractivity contribution >= 4 is 29.3 Å². The van der Waals surface area contributed by atoms with Gasteiger partial charge in [-0.1, -0.05) is 5.69 Å². The first kappa shape index (κ1) is 15.0. The van der Waals surface area contributed by atoms with Gasteiger partial charge in [-0.2, -0.15) is 24.3 Å². The molecule has 2 heterocycles. The molecule has 2 saturated heterocycles. The van der Waals surface area contributed by atoms with Crippen LogP contribution in [0.1, 0.15) is 6.92 Å². The predicted molar refractivity (Wildman–Crippen MR) is 62.6 cm³/mol. The van der Waals surface area contributed by atoms with Crippen molar-refractivity contribution in [1.29, 1.82) is 0 Å². The number of anilines is 1. The number of amides is 4. The number of benzene rings is 1. The van der Waals surface area contributed by atoms with E-state index in [0.717, 1.165) is 9.80 Å². The molecule has 0 aliphatic carbocycles. The van der Waals surface area contributed by atoms with E-state index in [-0.39, 0.29) is 44.9 Å². The van der Waals surface area contributed by atoms with Gasteiger partial charge in [0.15, 0.2) is 0 Å². The standard InChI is InChI=1S/C13H9N2O4.Y/c1-2-14-9(16)13(10(14)17)11(18)15(12(13)19)8-6-4-3-5-7-8;/h3-6H,2H2,1H3;/q-1;. The molecule has 0 unspecified atom stereocenters. The Morgan fingerprint density at radius 1 is 1.05 bits per heavy atom. The van der Waals surface area contributed by atoms with Crippen molar-refractivity contribution in [2.45, 2.75) is 6.92 Å². The van der Waals surface area contributed by atoms with Gasteiger partial charge in [0, 0.05) is 39.3 Å². The molecule has 2 aliphatic rings. The minimum absolute atomic E-state index is 0. The topological polar surface area (TPSA) is 74.8 Å². The van der Waals surface area contributed by atoms with Gasteiger partial charge in [-0.15, -0.1) is 6.07 Å². The maximum atomic E-state index is 12.1. The van der Waals surface area contributed by atoms with Gasteiger partial charge < -0.3 is 0 Å². The average molecular weight is 346 g/mol. The van der Waals surface area contributed by atoms with Crippen LogP contribution in [0.3, 0.4) is 0 Å². The predicted octanol–water partition coefficient (Wildman–Crippen LogP) is -0.267. The van der Waals surface area contributed by atoms with Crippen molar-refractivity contribution < 1.29 is 51.9 Å². The van der Waals surface area contributed by atoms with Crippen molar-refractivity contribution in [2.24, 2.45) is 5.41 Å². The summed E-state index contributed by atoms with van der Waals surface area (Å²) in [6, 6.07) is 9.11. The number of nitrogens with zero attached hydrogens (tertiary/aromatic N) is 2. The van der Waals surface area contributed by atoms with Crippen LogP contribution in [0.2, 0.25) is 0 Å². The monoisotopic (exact) mass is 346 g/mol. The van der Waals surface area contributed by atoms with Crippen LogP contribution in [0.15, 0.2) is 24.3 Å². The first-order valence-electron chi connectivity index (χ1n) is 5.79.